The van der Waals surface area contributed by atoms with Crippen LogP contribution in [0.25, 0.3) is 0 Å². The standard InChI is InChI=1S/C19H25N3O/c1-15-8-11-22(14-19-20-9-3-10-21-19)13-17(15)12-16-4-6-18(23-2)7-5-16/h3-7,9-10,15,17H,8,11-14H2,1-2H3. The lowest BCUT2D eigenvalue weighted by Gasteiger charge is -2.37. The van der Waals surface area contributed by atoms with Crippen LogP contribution >= 0.6 is 0 Å². The van der Waals surface area contributed by atoms with E-state index in [0.717, 1.165) is 43.5 Å². The number of rotatable bonds is 5. The van der Waals surface area contributed by atoms with Crippen molar-refractivity contribution in [2.75, 3.05) is 20.2 Å². The Balaban J connectivity index is 1.61. The first kappa shape index (κ1) is 15.9. The van der Waals surface area contributed by atoms with Gasteiger partial charge in [-0.3, -0.25) is 4.90 Å². The van der Waals surface area contributed by atoms with Gasteiger partial charge in [-0.1, -0.05) is 19.1 Å². The van der Waals surface area contributed by atoms with Crippen molar-refractivity contribution in [2.45, 2.75) is 26.3 Å². The fourth-order valence-electron chi connectivity index (χ4n) is 3.31. The minimum absolute atomic E-state index is 0.681. The smallest absolute Gasteiger partial charge is 0.142 e. The van der Waals surface area contributed by atoms with Crippen molar-refractivity contribution in [3.63, 3.8) is 0 Å². The molecule has 3 rings (SSSR count). The summed E-state index contributed by atoms with van der Waals surface area (Å²) in [5.41, 5.74) is 1.39. The Kier molecular flexibility index (Phi) is 5.23. The first-order valence-corrected chi connectivity index (χ1v) is 8.36. The number of piperidine rings is 1. The van der Waals surface area contributed by atoms with Crippen molar-refractivity contribution in [3.8, 4) is 5.75 Å². The average molecular weight is 311 g/mol. The molecule has 1 aliphatic heterocycles. The van der Waals surface area contributed by atoms with Gasteiger partial charge in [0.25, 0.3) is 0 Å². The largest absolute Gasteiger partial charge is 0.497 e. The fourth-order valence-corrected chi connectivity index (χ4v) is 3.31. The summed E-state index contributed by atoms with van der Waals surface area (Å²) in [5, 5.41) is 0. The molecule has 0 amide bonds. The summed E-state index contributed by atoms with van der Waals surface area (Å²) >= 11 is 0. The highest BCUT2D eigenvalue weighted by molar-refractivity contribution is 5.27. The van der Waals surface area contributed by atoms with Crippen molar-refractivity contribution in [2.24, 2.45) is 11.8 Å². The lowest BCUT2D eigenvalue weighted by atomic mass is 9.82. The van der Waals surface area contributed by atoms with Gasteiger partial charge in [-0.05, 0) is 55.0 Å². The van der Waals surface area contributed by atoms with Crippen LogP contribution in [0.5, 0.6) is 5.75 Å². The van der Waals surface area contributed by atoms with Gasteiger partial charge in [0.2, 0.25) is 0 Å². The van der Waals surface area contributed by atoms with E-state index in [1.807, 2.05) is 18.5 Å². The number of hydrogen-bond donors (Lipinski definition) is 0. The third-order valence-electron chi connectivity index (χ3n) is 4.84. The zero-order chi connectivity index (χ0) is 16.1. The maximum Gasteiger partial charge on any atom is 0.142 e. The molecule has 0 radical (unpaired) electrons. The molecule has 1 saturated heterocycles. The molecule has 122 valence electrons. The molecule has 4 heteroatoms. The summed E-state index contributed by atoms with van der Waals surface area (Å²) in [6.07, 6.45) is 6.01. The molecular formula is C19H25N3O. The molecule has 4 nitrogen and oxygen atoms in total. The monoisotopic (exact) mass is 311 g/mol. The van der Waals surface area contributed by atoms with Crippen molar-refractivity contribution in [1.29, 1.82) is 0 Å². The summed E-state index contributed by atoms with van der Waals surface area (Å²) in [5.74, 6) is 3.28. The van der Waals surface area contributed by atoms with Crippen molar-refractivity contribution in [1.82, 2.24) is 14.9 Å². The van der Waals surface area contributed by atoms with E-state index in [0.29, 0.717) is 5.92 Å². The minimum atomic E-state index is 0.681. The van der Waals surface area contributed by atoms with E-state index >= 15 is 0 Å². The van der Waals surface area contributed by atoms with E-state index in [9.17, 15) is 0 Å². The second kappa shape index (κ2) is 7.55. The summed E-state index contributed by atoms with van der Waals surface area (Å²) in [7, 11) is 1.71. The number of nitrogens with zero attached hydrogens (tertiary/aromatic N) is 3. The molecule has 0 bridgehead atoms. The molecule has 2 unspecified atom stereocenters. The van der Waals surface area contributed by atoms with Crippen LogP contribution in [0.2, 0.25) is 0 Å². The molecule has 1 aliphatic rings. The van der Waals surface area contributed by atoms with Gasteiger partial charge in [0.1, 0.15) is 11.6 Å². The van der Waals surface area contributed by atoms with E-state index in [4.69, 9.17) is 4.74 Å². The van der Waals surface area contributed by atoms with E-state index in [1.54, 1.807) is 7.11 Å². The normalized spacial score (nSPS) is 22.0. The predicted molar refractivity (Wildman–Crippen MR) is 91.3 cm³/mol. The van der Waals surface area contributed by atoms with Crippen molar-refractivity contribution in [3.05, 3.63) is 54.1 Å². The molecular weight excluding hydrogens is 286 g/mol. The van der Waals surface area contributed by atoms with Crippen LogP contribution in [0.1, 0.15) is 24.7 Å². The van der Waals surface area contributed by atoms with Gasteiger partial charge in [-0.25, -0.2) is 9.97 Å². The second-order valence-corrected chi connectivity index (χ2v) is 6.48. The Morgan fingerprint density at radius 1 is 1.17 bits per heavy atom. The molecule has 2 atom stereocenters. The molecule has 23 heavy (non-hydrogen) atoms. The van der Waals surface area contributed by atoms with Crippen LogP contribution in [-0.4, -0.2) is 35.1 Å². The Labute approximate surface area is 138 Å². The molecule has 2 aromatic rings. The second-order valence-electron chi connectivity index (χ2n) is 6.48. The fraction of sp³-hybridized carbons (Fsp3) is 0.474. The van der Waals surface area contributed by atoms with Crippen LogP contribution in [-0.2, 0) is 13.0 Å². The molecule has 1 fully saturated rings. The summed E-state index contributed by atoms with van der Waals surface area (Å²) < 4.78 is 5.24. The van der Waals surface area contributed by atoms with Gasteiger partial charge in [-0.15, -0.1) is 0 Å². The van der Waals surface area contributed by atoms with Crippen LogP contribution in [0.4, 0.5) is 0 Å². The number of methoxy groups -OCH3 is 1. The predicted octanol–water partition coefficient (Wildman–Crippen LogP) is 3.19. The average Bonchev–Trinajstić information content (AvgIpc) is 2.59. The maximum absolute atomic E-state index is 5.24. The topological polar surface area (TPSA) is 38.2 Å². The van der Waals surface area contributed by atoms with Crippen molar-refractivity contribution < 1.29 is 4.74 Å². The SMILES string of the molecule is COc1ccc(CC2CN(Cc3ncccn3)CCC2C)cc1. The molecule has 2 heterocycles. The van der Waals surface area contributed by atoms with Crippen LogP contribution in [0.3, 0.4) is 0 Å². The van der Waals surface area contributed by atoms with Gasteiger partial charge in [0, 0.05) is 18.9 Å². The Morgan fingerprint density at radius 2 is 1.91 bits per heavy atom. The number of ether oxygens (including phenoxy) is 1. The first-order valence-electron chi connectivity index (χ1n) is 8.36. The number of hydrogen-bond acceptors (Lipinski definition) is 4. The Bertz CT molecular complexity index is 600. The number of benzene rings is 1. The van der Waals surface area contributed by atoms with E-state index in [1.165, 1.54) is 12.0 Å². The highest BCUT2D eigenvalue weighted by Crippen LogP contribution is 2.27. The van der Waals surface area contributed by atoms with Crippen LogP contribution in [0, 0.1) is 11.8 Å². The molecule has 0 N–H and O–H groups in total. The Hall–Kier alpha value is -1.94. The first-order chi connectivity index (χ1) is 11.2. The van der Waals surface area contributed by atoms with Gasteiger partial charge < -0.3 is 4.74 Å². The molecule has 1 aromatic heterocycles. The third-order valence-corrected chi connectivity index (χ3v) is 4.84. The highest BCUT2D eigenvalue weighted by Gasteiger charge is 2.26. The maximum atomic E-state index is 5.24. The van der Waals surface area contributed by atoms with Gasteiger partial charge in [-0.2, -0.15) is 0 Å². The zero-order valence-corrected chi connectivity index (χ0v) is 14.0. The summed E-state index contributed by atoms with van der Waals surface area (Å²) in [4.78, 5) is 11.2. The lowest BCUT2D eigenvalue weighted by molar-refractivity contribution is 0.119. The van der Waals surface area contributed by atoms with Gasteiger partial charge in [0.15, 0.2) is 0 Å². The molecule has 0 saturated carbocycles. The number of likely N-dealkylation sites (tertiary alicyclic amines) is 1. The molecule has 0 aliphatic carbocycles. The number of aromatic nitrogens is 2. The summed E-state index contributed by atoms with van der Waals surface area (Å²) in [6, 6.07) is 10.3. The minimum Gasteiger partial charge on any atom is -0.497 e. The quantitative estimate of drug-likeness (QED) is 0.850. The highest BCUT2D eigenvalue weighted by atomic mass is 16.5. The van der Waals surface area contributed by atoms with E-state index in [-0.39, 0.29) is 0 Å². The summed E-state index contributed by atoms with van der Waals surface area (Å²) in [6.45, 7) is 5.49. The Morgan fingerprint density at radius 3 is 2.61 bits per heavy atom. The van der Waals surface area contributed by atoms with Crippen molar-refractivity contribution >= 4 is 0 Å². The van der Waals surface area contributed by atoms with Gasteiger partial charge in [0.05, 0.1) is 13.7 Å². The third kappa shape index (κ3) is 4.29. The zero-order valence-electron chi connectivity index (χ0n) is 14.0. The van der Waals surface area contributed by atoms with Gasteiger partial charge >= 0.3 is 0 Å². The molecule has 1 aromatic carbocycles. The van der Waals surface area contributed by atoms with E-state index in [2.05, 4.69) is 46.1 Å². The molecule has 0 spiro atoms. The van der Waals surface area contributed by atoms with E-state index < -0.39 is 0 Å². The lowest BCUT2D eigenvalue weighted by Crippen LogP contribution is -2.40. The van der Waals surface area contributed by atoms with Crippen LogP contribution < -0.4 is 4.74 Å². The van der Waals surface area contributed by atoms with Crippen LogP contribution in [0.15, 0.2) is 42.7 Å².